The smallest absolute Gasteiger partial charge is 0.284 e. The standard InChI is InChI=1S/C19H21N5O3S/c1-19(2,3)18(26)21-16-6-4-5-12(20-16)11-24-10-9-13(22-24)14-7-8-15(28-14)17(25)23-27/h4-10,27H,11H2,1-3H3,(H,23,25)(H,20,21,26). The van der Waals surface area contributed by atoms with Crippen molar-refractivity contribution in [3.05, 3.63) is 53.2 Å². The van der Waals surface area contributed by atoms with Gasteiger partial charge in [0.15, 0.2) is 0 Å². The molecule has 3 heterocycles. The molecule has 0 spiro atoms. The Morgan fingerprint density at radius 1 is 1.18 bits per heavy atom. The van der Waals surface area contributed by atoms with Crippen LogP contribution in [0.5, 0.6) is 0 Å². The molecule has 0 radical (unpaired) electrons. The number of carbonyl (C=O) groups is 2. The number of hydrogen-bond donors (Lipinski definition) is 3. The molecule has 0 aliphatic rings. The van der Waals surface area contributed by atoms with Crippen molar-refractivity contribution < 1.29 is 14.8 Å². The third-order valence-corrected chi connectivity index (χ3v) is 4.98. The van der Waals surface area contributed by atoms with Gasteiger partial charge in [-0.15, -0.1) is 11.3 Å². The molecule has 2 amide bonds. The van der Waals surface area contributed by atoms with Crippen LogP contribution < -0.4 is 10.8 Å². The van der Waals surface area contributed by atoms with Gasteiger partial charge in [0.1, 0.15) is 11.5 Å². The van der Waals surface area contributed by atoms with Crippen molar-refractivity contribution in [2.24, 2.45) is 5.41 Å². The van der Waals surface area contributed by atoms with E-state index in [1.165, 1.54) is 11.3 Å². The molecule has 0 unspecified atom stereocenters. The lowest BCUT2D eigenvalue weighted by molar-refractivity contribution is -0.123. The molecule has 9 heteroatoms. The highest BCUT2D eigenvalue weighted by atomic mass is 32.1. The van der Waals surface area contributed by atoms with Crippen molar-refractivity contribution in [2.45, 2.75) is 27.3 Å². The molecule has 0 aliphatic carbocycles. The van der Waals surface area contributed by atoms with Gasteiger partial charge in [0.05, 0.1) is 22.0 Å². The van der Waals surface area contributed by atoms with Crippen LogP contribution in [-0.4, -0.2) is 31.8 Å². The molecule has 3 aromatic heterocycles. The molecule has 8 nitrogen and oxygen atoms in total. The Kier molecular flexibility index (Phi) is 5.57. The van der Waals surface area contributed by atoms with Crippen LogP contribution in [0, 0.1) is 5.41 Å². The Balaban J connectivity index is 1.72. The fraction of sp³-hybridized carbons (Fsp3) is 0.263. The highest BCUT2D eigenvalue weighted by Crippen LogP contribution is 2.26. The van der Waals surface area contributed by atoms with Gasteiger partial charge in [-0.1, -0.05) is 26.8 Å². The minimum absolute atomic E-state index is 0.0982. The molecule has 3 N–H and O–H groups in total. The zero-order valence-electron chi connectivity index (χ0n) is 15.8. The number of pyridine rings is 1. The molecule has 0 fully saturated rings. The Morgan fingerprint density at radius 2 is 1.96 bits per heavy atom. The summed E-state index contributed by atoms with van der Waals surface area (Å²) in [5.41, 5.74) is 2.60. The molecule has 0 bridgehead atoms. The lowest BCUT2D eigenvalue weighted by Gasteiger charge is -2.17. The third-order valence-electron chi connectivity index (χ3n) is 3.88. The molecule has 0 saturated carbocycles. The number of thiophene rings is 1. The van der Waals surface area contributed by atoms with Crippen LogP contribution in [0.15, 0.2) is 42.6 Å². The first kappa shape index (κ1) is 19.7. The van der Waals surface area contributed by atoms with Gasteiger partial charge < -0.3 is 5.32 Å². The summed E-state index contributed by atoms with van der Waals surface area (Å²) in [6.07, 6.45) is 1.82. The van der Waals surface area contributed by atoms with Crippen LogP contribution in [0.1, 0.15) is 36.1 Å². The fourth-order valence-corrected chi connectivity index (χ4v) is 3.20. The molecular formula is C19H21N5O3S. The summed E-state index contributed by atoms with van der Waals surface area (Å²) < 4.78 is 1.73. The Bertz CT molecular complexity index is 1000. The quantitative estimate of drug-likeness (QED) is 0.451. The second-order valence-corrected chi connectivity index (χ2v) is 8.31. The number of nitrogens with one attached hydrogen (secondary N) is 2. The highest BCUT2D eigenvalue weighted by molar-refractivity contribution is 7.17. The van der Waals surface area contributed by atoms with E-state index >= 15 is 0 Å². The van der Waals surface area contributed by atoms with Crippen LogP contribution in [-0.2, 0) is 11.3 Å². The van der Waals surface area contributed by atoms with Crippen molar-refractivity contribution in [3.8, 4) is 10.6 Å². The first-order chi connectivity index (χ1) is 13.3. The number of amides is 2. The Morgan fingerprint density at radius 3 is 2.68 bits per heavy atom. The maximum Gasteiger partial charge on any atom is 0.284 e. The minimum Gasteiger partial charge on any atom is -0.310 e. The molecule has 0 aliphatic heterocycles. The van der Waals surface area contributed by atoms with Crippen LogP contribution in [0.4, 0.5) is 5.82 Å². The largest absolute Gasteiger partial charge is 0.310 e. The summed E-state index contributed by atoms with van der Waals surface area (Å²) in [5.74, 6) is -0.143. The van der Waals surface area contributed by atoms with E-state index in [1.807, 2.05) is 45.2 Å². The van der Waals surface area contributed by atoms with Gasteiger partial charge in [-0.05, 0) is 30.3 Å². The van der Waals surface area contributed by atoms with Crippen LogP contribution in [0.2, 0.25) is 0 Å². The van der Waals surface area contributed by atoms with E-state index in [1.54, 1.807) is 28.4 Å². The van der Waals surface area contributed by atoms with Gasteiger partial charge >= 0.3 is 0 Å². The number of hydroxylamine groups is 1. The molecular weight excluding hydrogens is 378 g/mol. The summed E-state index contributed by atoms with van der Waals surface area (Å²) in [5, 5.41) is 16.0. The van der Waals surface area contributed by atoms with Crippen LogP contribution in [0.25, 0.3) is 10.6 Å². The van der Waals surface area contributed by atoms with Gasteiger partial charge in [0.2, 0.25) is 5.91 Å². The molecule has 0 aromatic carbocycles. The number of hydrogen-bond acceptors (Lipinski definition) is 6. The second-order valence-electron chi connectivity index (χ2n) is 7.22. The van der Waals surface area contributed by atoms with Gasteiger partial charge in [-0.2, -0.15) is 5.10 Å². The van der Waals surface area contributed by atoms with Crippen molar-refractivity contribution >= 4 is 29.0 Å². The van der Waals surface area contributed by atoms with E-state index in [4.69, 9.17) is 5.21 Å². The average Bonchev–Trinajstić information content (AvgIpc) is 3.30. The predicted molar refractivity (Wildman–Crippen MR) is 106 cm³/mol. The monoisotopic (exact) mass is 399 g/mol. The summed E-state index contributed by atoms with van der Waals surface area (Å²) in [4.78, 5) is 29.3. The van der Waals surface area contributed by atoms with Crippen molar-refractivity contribution in [1.82, 2.24) is 20.2 Å². The van der Waals surface area contributed by atoms with E-state index in [0.717, 1.165) is 16.3 Å². The van der Waals surface area contributed by atoms with Crippen LogP contribution in [0.3, 0.4) is 0 Å². The van der Waals surface area contributed by atoms with Crippen molar-refractivity contribution in [1.29, 1.82) is 0 Å². The molecule has 28 heavy (non-hydrogen) atoms. The number of rotatable bonds is 5. The van der Waals surface area contributed by atoms with Crippen molar-refractivity contribution in [3.63, 3.8) is 0 Å². The van der Waals surface area contributed by atoms with E-state index in [9.17, 15) is 9.59 Å². The number of anilines is 1. The maximum atomic E-state index is 12.1. The summed E-state index contributed by atoms with van der Waals surface area (Å²) in [7, 11) is 0. The fourth-order valence-electron chi connectivity index (χ4n) is 2.34. The minimum atomic E-state index is -0.547. The van der Waals surface area contributed by atoms with Crippen molar-refractivity contribution in [2.75, 3.05) is 5.32 Å². The van der Waals surface area contributed by atoms with Gasteiger partial charge in [0.25, 0.3) is 5.91 Å². The second kappa shape index (κ2) is 7.91. The van der Waals surface area contributed by atoms with E-state index in [-0.39, 0.29) is 5.91 Å². The maximum absolute atomic E-state index is 12.1. The normalized spacial score (nSPS) is 11.3. The number of carbonyl (C=O) groups excluding carboxylic acids is 2. The molecule has 3 rings (SSSR count). The van der Waals surface area contributed by atoms with E-state index in [2.05, 4.69) is 15.4 Å². The summed E-state index contributed by atoms with van der Waals surface area (Å²) >= 11 is 1.24. The summed E-state index contributed by atoms with van der Waals surface area (Å²) in [6, 6.07) is 10.7. The summed E-state index contributed by atoms with van der Waals surface area (Å²) in [6.45, 7) is 5.97. The molecule has 146 valence electrons. The zero-order chi connectivity index (χ0) is 20.3. The molecule has 0 saturated heterocycles. The van der Waals surface area contributed by atoms with E-state index < -0.39 is 11.3 Å². The van der Waals surface area contributed by atoms with Gasteiger partial charge in [0, 0.05) is 11.6 Å². The lowest BCUT2D eigenvalue weighted by atomic mass is 9.96. The molecule has 3 aromatic rings. The Hall–Kier alpha value is -3.04. The first-order valence-electron chi connectivity index (χ1n) is 8.62. The van der Waals surface area contributed by atoms with Gasteiger partial charge in [-0.25, -0.2) is 10.5 Å². The van der Waals surface area contributed by atoms with Crippen LogP contribution >= 0.6 is 11.3 Å². The number of nitrogens with zero attached hydrogens (tertiary/aromatic N) is 3. The predicted octanol–water partition coefficient (Wildman–Crippen LogP) is 3.16. The number of aromatic nitrogens is 3. The zero-order valence-corrected chi connectivity index (χ0v) is 16.6. The lowest BCUT2D eigenvalue weighted by Crippen LogP contribution is -2.28. The topological polar surface area (TPSA) is 109 Å². The average molecular weight is 399 g/mol. The first-order valence-corrected chi connectivity index (χ1v) is 9.43. The Labute approximate surface area is 166 Å². The SMILES string of the molecule is CC(C)(C)C(=O)Nc1cccc(Cn2ccc(-c3ccc(C(=O)NO)s3)n2)n1. The van der Waals surface area contributed by atoms with E-state index in [0.29, 0.717) is 17.2 Å². The third kappa shape index (κ3) is 4.62. The highest BCUT2D eigenvalue weighted by Gasteiger charge is 2.21. The van der Waals surface area contributed by atoms with Gasteiger partial charge in [-0.3, -0.25) is 19.5 Å². The molecule has 0 atom stereocenters.